The number of nitrogens with two attached hydrogens (primary N) is 1. The van der Waals surface area contributed by atoms with Gasteiger partial charge < -0.3 is 10.5 Å². The Morgan fingerprint density at radius 2 is 2.00 bits per heavy atom. The molecule has 2 heterocycles. The van der Waals surface area contributed by atoms with Crippen molar-refractivity contribution in [2.75, 3.05) is 5.73 Å². The Kier molecular flexibility index (Phi) is 4.12. The van der Waals surface area contributed by atoms with Crippen LogP contribution in [0.15, 0.2) is 36.7 Å². The Hall–Kier alpha value is -3.40. The third-order valence-corrected chi connectivity index (χ3v) is 3.53. The van der Waals surface area contributed by atoms with Crippen LogP contribution in [0, 0.1) is 18.3 Å². The summed E-state index contributed by atoms with van der Waals surface area (Å²) in [6, 6.07) is 11.3. The van der Waals surface area contributed by atoms with Crippen LogP contribution in [0.3, 0.4) is 0 Å². The number of aryl methyl sites for hydroxylation is 2. The fourth-order valence-electron chi connectivity index (χ4n) is 2.25. The minimum absolute atomic E-state index is 0.259. The second kappa shape index (κ2) is 6.38. The van der Waals surface area contributed by atoms with Crippen molar-refractivity contribution in [3.8, 4) is 23.5 Å². The molecule has 0 amide bonds. The van der Waals surface area contributed by atoms with Crippen LogP contribution in [0.25, 0.3) is 5.82 Å². The monoisotopic (exact) mass is 320 g/mol. The van der Waals surface area contributed by atoms with Gasteiger partial charge in [-0.05, 0) is 25.5 Å². The highest BCUT2D eigenvalue weighted by atomic mass is 16.5. The Balaban J connectivity index is 1.95. The van der Waals surface area contributed by atoms with Crippen molar-refractivity contribution >= 4 is 5.82 Å². The van der Waals surface area contributed by atoms with Gasteiger partial charge in [0, 0.05) is 6.07 Å². The maximum absolute atomic E-state index is 9.22. The fourth-order valence-corrected chi connectivity index (χ4v) is 2.25. The minimum atomic E-state index is 0.259. The quantitative estimate of drug-likeness (QED) is 0.793. The van der Waals surface area contributed by atoms with Gasteiger partial charge in [0.25, 0.3) is 0 Å². The van der Waals surface area contributed by atoms with E-state index in [4.69, 9.17) is 10.5 Å². The molecule has 24 heavy (non-hydrogen) atoms. The molecule has 2 aromatic heterocycles. The molecule has 2 N–H and O–H groups in total. The van der Waals surface area contributed by atoms with Gasteiger partial charge in [-0.1, -0.05) is 24.6 Å². The van der Waals surface area contributed by atoms with Crippen LogP contribution < -0.4 is 10.5 Å². The molecular formula is C17H16N6O. The van der Waals surface area contributed by atoms with E-state index >= 15 is 0 Å². The number of hydrogen-bond acceptors (Lipinski definition) is 6. The average molecular weight is 320 g/mol. The molecule has 0 saturated carbocycles. The maximum atomic E-state index is 9.22. The standard InChI is InChI=1S/C17H16N6O/c1-3-14-13(9-18)17(19)23(22-14)15-8-16(21-10-20-15)24-12-6-4-11(2)5-7-12/h4-8,10H,3,19H2,1-2H3. The van der Waals surface area contributed by atoms with Crippen molar-refractivity contribution < 1.29 is 4.74 Å². The molecule has 3 rings (SSSR count). The van der Waals surface area contributed by atoms with Crippen molar-refractivity contribution in [3.05, 3.63) is 53.5 Å². The summed E-state index contributed by atoms with van der Waals surface area (Å²) in [5.74, 6) is 1.75. The van der Waals surface area contributed by atoms with Crippen LogP contribution >= 0.6 is 0 Å². The van der Waals surface area contributed by atoms with E-state index < -0.39 is 0 Å². The SMILES string of the molecule is CCc1nn(-c2cc(Oc3ccc(C)cc3)ncn2)c(N)c1C#N. The van der Waals surface area contributed by atoms with Crippen LogP contribution in [0.4, 0.5) is 5.82 Å². The van der Waals surface area contributed by atoms with Gasteiger partial charge in [0.05, 0.1) is 5.69 Å². The highest BCUT2D eigenvalue weighted by Gasteiger charge is 2.16. The molecule has 0 aliphatic rings. The lowest BCUT2D eigenvalue weighted by Crippen LogP contribution is -2.05. The number of anilines is 1. The van der Waals surface area contributed by atoms with Crippen LogP contribution in [-0.2, 0) is 6.42 Å². The molecule has 0 bridgehead atoms. The summed E-state index contributed by atoms with van der Waals surface area (Å²) >= 11 is 0. The highest BCUT2D eigenvalue weighted by Crippen LogP contribution is 2.23. The summed E-state index contributed by atoms with van der Waals surface area (Å²) in [5.41, 5.74) is 8.17. The first-order valence-electron chi connectivity index (χ1n) is 7.46. The molecule has 0 fully saturated rings. The van der Waals surface area contributed by atoms with E-state index in [0.29, 0.717) is 35.1 Å². The fraction of sp³-hybridized carbons (Fsp3) is 0.176. The van der Waals surface area contributed by atoms with E-state index in [9.17, 15) is 5.26 Å². The van der Waals surface area contributed by atoms with Gasteiger partial charge in [-0.2, -0.15) is 15.0 Å². The summed E-state index contributed by atoms with van der Waals surface area (Å²) in [7, 11) is 0. The topological polar surface area (TPSA) is 103 Å². The number of hydrogen-bond donors (Lipinski definition) is 1. The van der Waals surface area contributed by atoms with E-state index in [1.807, 2.05) is 38.1 Å². The summed E-state index contributed by atoms with van der Waals surface area (Å²) in [6.45, 7) is 3.92. The number of nitriles is 1. The van der Waals surface area contributed by atoms with Gasteiger partial charge in [-0.15, -0.1) is 0 Å². The molecule has 0 saturated heterocycles. The molecular weight excluding hydrogens is 304 g/mol. The van der Waals surface area contributed by atoms with Gasteiger partial charge in [0.1, 0.15) is 29.5 Å². The maximum Gasteiger partial charge on any atom is 0.224 e. The molecule has 1 aromatic carbocycles. The number of rotatable bonds is 4. The van der Waals surface area contributed by atoms with Crippen molar-refractivity contribution in [1.29, 1.82) is 5.26 Å². The second-order valence-electron chi connectivity index (χ2n) is 5.21. The zero-order valence-electron chi connectivity index (χ0n) is 13.4. The first kappa shape index (κ1) is 15.5. The van der Waals surface area contributed by atoms with Crippen LogP contribution in [-0.4, -0.2) is 19.7 Å². The number of benzene rings is 1. The molecule has 0 unspecified atom stereocenters. The lowest BCUT2D eigenvalue weighted by molar-refractivity contribution is 0.460. The molecule has 0 aliphatic carbocycles. The molecule has 7 nitrogen and oxygen atoms in total. The van der Waals surface area contributed by atoms with E-state index in [0.717, 1.165) is 5.56 Å². The predicted molar refractivity (Wildman–Crippen MR) is 88.9 cm³/mol. The molecule has 0 radical (unpaired) electrons. The summed E-state index contributed by atoms with van der Waals surface area (Å²) in [4.78, 5) is 8.27. The van der Waals surface area contributed by atoms with Crippen molar-refractivity contribution in [2.45, 2.75) is 20.3 Å². The van der Waals surface area contributed by atoms with E-state index in [2.05, 4.69) is 21.1 Å². The van der Waals surface area contributed by atoms with Crippen LogP contribution in [0.1, 0.15) is 23.7 Å². The highest BCUT2D eigenvalue weighted by molar-refractivity contribution is 5.55. The Morgan fingerprint density at radius 3 is 2.62 bits per heavy atom. The average Bonchev–Trinajstić information content (AvgIpc) is 2.93. The smallest absolute Gasteiger partial charge is 0.224 e. The van der Waals surface area contributed by atoms with E-state index in [-0.39, 0.29) is 5.82 Å². The van der Waals surface area contributed by atoms with Crippen LogP contribution in [0.5, 0.6) is 11.6 Å². The Bertz CT molecular complexity index is 908. The molecule has 120 valence electrons. The third-order valence-electron chi connectivity index (χ3n) is 3.53. The summed E-state index contributed by atoms with van der Waals surface area (Å²) in [5, 5.41) is 13.6. The molecule has 3 aromatic rings. The number of nitrogen functional groups attached to an aromatic ring is 1. The molecule has 0 atom stereocenters. The van der Waals surface area contributed by atoms with Gasteiger partial charge in [0.15, 0.2) is 5.82 Å². The van der Waals surface area contributed by atoms with Gasteiger partial charge in [-0.3, -0.25) is 0 Å². The molecule has 0 aliphatic heterocycles. The number of ether oxygens (including phenoxy) is 1. The minimum Gasteiger partial charge on any atom is -0.439 e. The van der Waals surface area contributed by atoms with Crippen molar-refractivity contribution in [2.24, 2.45) is 0 Å². The van der Waals surface area contributed by atoms with E-state index in [1.165, 1.54) is 11.0 Å². The largest absolute Gasteiger partial charge is 0.439 e. The zero-order chi connectivity index (χ0) is 17.1. The summed E-state index contributed by atoms with van der Waals surface area (Å²) < 4.78 is 7.16. The predicted octanol–water partition coefficient (Wildman–Crippen LogP) is 2.78. The first-order chi connectivity index (χ1) is 11.6. The Morgan fingerprint density at radius 1 is 1.25 bits per heavy atom. The molecule has 7 heteroatoms. The normalized spacial score (nSPS) is 10.4. The first-order valence-corrected chi connectivity index (χ1v) is 7.46. The lowest BCUT2D eigenvalue weighted by atomic mass is 10.2. The summed E-state index contributed by atoms with van der Waals surface area (Å²) in [6.07, 6.45) is 1.98. The zero-order valence-corrected chi connectivity index (χ0v) is 13.4. The van der Waals surface area contributed by atoms with Gasteiger partial charge in [0.2, 0.25) is 5.88 Å². The van der Waals surface area contributed by atoms with Crippen LogP contribution in [0.2, 0.25) is 0 Å². The van der Waals surface area contributed by atoms with E-state index in [1.54, 1.807) is 6.07 Å². The lowest BCUT2D eigenvalue weighted by Gasteiger charge is -2.07. The van der Waals surface area contributed by atoms with Gasteiger partial charge >= 0.3 is 0 Å². The van der Waals surface area contributed by atoms with Crippen molar-refractivity contribution in [3.63, 3.8) is 0 Å². The Labute approximate surface area is 139 Å². The number of nitrogens with zero attached hydrogens (tertiary/aromatic N) is 5. The van der Waals surface area contributed by atoms with Gasteiger partial charge in [-0.25, -0.2) is 9.97 Å². The third kappa shape index (κ3) is 2.90. The number of aromatic nitrogens is 4. The van der Waals surface area contributed by atoms with Crippen molar-refractivity contribution in [1.82, 2.24) is 19.7 Å². The molecule has 0 spiro atoms. The second-order valence-corrected chi connectivity index (χ2v) is 5.21.